The van der Waals surface area contributed by atoms with Crippen LogP contribution in [0.2, 0.25) is 0 Å². The van der Waals surface area contributed by atoms with Gasteiger partial charge in [0.15, 0.2) is 0 Å². The number of benzene rings is 1. The zero-order valence-electron chi connectivity index (χ0n) is 14.0. The summed E-state index contributed by atoms with van der Waals surface area (Å²) in [7, 11) is 1.50. The average molecular weight is 369 g/mol. The van der Waals surface area contributed by atoms with E-state index in [1.165, 1.54) is 7.11 Å². The zero-order valence-corrected chi connectivity index (χ0v) is 14.8. The van der Waals surface area contributed by atoms with Crippen LogP contribution in [0.3, 0.4) is 0 Å². The van der Waals surface area contributed by atoms with Gasteiger partial charge in [-0.15, -0.1) is 12.4 Å². The summed E-state index contributed by atoms with van der Waals surface area (Å²) in [6.07, 6.45) is 1.81. The van der Waals surface area contributed by atoms with Crippen LogP contribution < -0.4 is 21.1 Å². The van der Waals surface area contributed by atoms with Gasteiger partial charge in [0.25, 0.3) is 5.91 Å². The van der Waals surface area contributed by atoms with Gasteiger partial charge in [-0.3, -0.25) is 14.5 Å². The molecule has 1 aromatic carbocycles. The van der Waals surface area contributed by atoms with Gasteiger partial charge in [0, 0.05) is 6.07 Å². The van der Waals surface area contributed by atoms with Crippen LogP contribution in [0.15, 0.2) is 18.2 Å². The second-order valence-corrected chi connectivity index (χ2v) is 6.30. The predicted molar refractivity (Wildman–Crippen MR) is 94.7 cm³/mol. The number of methoxy groups -OCH3 is 1. The lowest BCUT2D eigenvalue weighted by Gasteiger charge is -2.20. The maximum Gasteiger partial charge on any atom is 0.325 e. The third-order valence-electron chi connectivity index (χ3n) is 4.53. The molecule has 0 spiro atoms. The van der Waals surface area contributed by atoms with Crippen molar-refractivity contribution >= 4 is 41.6 Å². The minimum atomic E-state index is -0.896. The average Bonchev–Trinajstić information content (AvgIpc) is 3.36. The first-order chi connectivity index (χ1) is 11.3. The van der Waals surface area contributed by atoms with E-state index in [9.17, 15) is 14.4 Å². The standard InChI is InChI=1S/C16H20N4O4.ClH/c1-16(9-3-4-9)14(22)20(15(23)19-16)8-13(21)18-12-7-10(24-2)5-6-11(12)17;/h5-7,9H,3-4,8,17H2,1-2H3,(H,18,21)(H,19,23);1H. The molecular formula is C16H21ClN4O4. The van der Waals surface area contributed by atoms with Gasteiger partial charge in [-0.1, -0.05) is 0 Å². The molecule has 25 heavy (non-hydrogen) atoms. The normalized spacial score (nSPS) is 22.2. The number of halogens is 1. The Labute approximate surface area is 151 Å². The van der Waals surface area contributed by atoms with Crippen LogP contribution in [0, 0.1) is 5.92 Å². The Hall–Kier alpha value is -2.48. The van der Waals surface area contributed by atoms with Crippen molar-refractivity contribution in [2.45, 2.75) is 25.3 Å². The van der Waals surface area contributed by atoms with Crippen molar-refractivity contribution in [3.8, 4) is 5.75 Å². The van der Waals surface area contributed by atoms with Crippen molar-refractivity contribution < 1.29 is 19.1 Å². The molecule has 8 nitrogen and oxygen atoms in total. The molecule has 4 amide bonds. The van der Waals surface area contributed by atoms with Crippen LogP contribution in [-0.2, 0) is 9.59 Å². The predicted octanol–water partition coefficient (Wildman–Crippen LogP) is 1.36. The van der Waals surface area contributed by atoms with E-state index in [-0.39, 0.29) is 30.8 Å². The van der Waals surface area contributed by atoms with Gasteiger partial charge in [-0.25, -0.2) is 4.79 Å². The van der Waals surface area contributed by atoms with Gasteiger partial charge in [-0.2, -0.15) is 0 Å². The third kappa shape index (κ3) is 3.48. The summed E-state index contributed by atoms with van der Waals surface area (Å²) in [5.41, 5.74) is 5.66. The Bertz CT molecular complexity index is 722. The van der Waals surface area contributed by atoms with E-state index in [4.69, 9.17) is 10.5 Å². The first-order valence-corrected chi connectivity index (χ1v) is 7.72. The van der Waals surface area contributed by atoms with Crippen LogP contribution in [0.5, 0.6) is 5.75 Å². The molecule has 2 aliphatic rings. The number of nitrogens with zero attached hydrogens (tertiary/aromatic N) is 1. The van der Waals surface area contributed by atoms with E-state index in [2.05, 4.69) is 10.6 Å². The van der Waals surface area contributed by atoms with Crippen LogP contribution >= 0.6 is 12.4 Å². The molecule has 1 atom stereocenters. The van der Waals surface area contributed by atoms with Gasteiger partial charge in [0.1, 0.15) is 17.8 Å². The Kier molecular flexibility index (Phi) is 5.12. The molecule has 136 valence electrons. The number of imide groups is 1. The van der Waals surface area contributed by atoms with Crippen molar-refractivity contribution in [2.75, 3.05) is 24.7 Å². The van der Waals surface area contributed by atoms with Crippen LogP contribution in [0.1, 0.15) is 19.8 Å². The van der Waals surface area contributed by atoms with Crippen molar-refractivity contribution in [3.63, 3.8) is 0 Å². The van der Waals surface area contributed by atoms with Gasteiger partial charge in [0.2, 0.25) is 5.91 Å². The summed E-state index contributed by atoms with van der Waals surface area (Å²) in [5, 5.41) is 5.31. The van der Waals surface area contributed by atoms with Crippen LogP contribution in [-0.4, -0.2) is 41.9 Å². The van der Waals surface area contributed by atoms with Crippen LogP contribution in [0.25, 0.3) is 0 Å². The fourth-order valence-corrected chi connectivity index (χ4v) is 2.90. The first kappa shape index (κ1) is 18.9. The Morgan fingerprint density at radius 1 is 1.44 bits per heavy atom. The number of anilines is 2. The number of ether oxygens (including phenoxy) is 1. The number of nitrogens with one attached hydrogen (secondary N) is 2. The molecule has 1 unspecified atom stereocenters. The monoisotopic (exact) mass is 368 g/mol. The zero-order chi connectivity index (χ0) is 17.5. The number of rotatable bonds is 5. The third-order valence-corrected chi connectivity index (χ3v) is 4.53. The lowest BCUT2D eigenvalue weighted by Crippen LogP contribution is -2.46. The fraction of sp³-hybridized carbons (Fsp3) is 0.438. The Balaban J connectivity index is 0.00000225. The first-order valence-electron chi connectivity index (χ1n) is 7.72. The summed E-state index contributed by atoms with van der Waals surface area (Å²) in [5.74, 6) is -0.172. The molecule has 0 radical (unpaired) electrons. The minimum absolute atomic E-state index is 0. The SMILES string of the molecule is COc1ccc(N)c(NC(=O)CN2C(=O)NC(C)(C3CC3)C2=O)c1.Cl. The number of carbonyl (C=O) groups excluding carboxylic acids is 3. The molecule has 1 aliphatic heterocycles. The second kappa shape index (κ2) is 6.79. The molecule has 2 fully saturated rings. The van der Waals surface area contributed by atoms with E-state index >= 15 is 0 Å². The van der Waals surface area contributed by atoms with Crippen molar-refractivity contribution in [1.29, 1.82) is 0 Å². The quantitative estimate of drug-likeness (QED) is 0.536. The number of nitrogen functional groups attached to an aromatic ring is 1. The van der Waals surface area contributed by atoms with Gasteiger partial charge in [-0.05, 0) is 37.8 Å². The van der Waals surface area contributed by atoms with Gasteiger partial charge >= 0.3 is 6.03 Å². The maximum atomic E-state index is 12.5. The summed E-state index contributed by atoms with van der Waals surface area (Å²) in [6, 6.07) is 4.31. The van der Waals surface area contributed by atoms with Gasteiger partial charge < -0.3 is 21.1 Å². The number of amides is 4. The molecule has 1 aromatic rings. The molecule has 0 bridgehead atoms. The lowest BCUT2D eigenvalue weighted by molar-refractivity contribution is -0.134. The molecule has 1 saturated heterocycles. The van der Waals surface area contributed by atoms with Crippen molar-refractivity contribution in [2.24, 2.45) is 5.92 Å². The van der Waals surface area contributed by atoms with Crippen molar-refractivity contribution in [1.82, 2.24) is 10.2 Å². The van der Waals surface area contributed by atoms with E-state index < -0.39 is 17.5 Å². The van der Waals surface area contributed by atoms with Crippen molar-refractivity contribution in [3.05, 3.63) is 18.2 Å². The Morgan fingerprint density at radius 3 is 2.72 bits per heavy atom. The molecule has 9 heteroatoms. The number of carbonyl (C=O) groups is 3. The highest BCUT2D eigenvalue weighted by atomic mass is 35.5. The summed E-state index contributed by atoms with van der Waals surface area (Å²) < 4.78 is 5.08. The van der Waals surface area contributed by atoms with E-state index in [0.29, 0.717) is 17.1 Å². The highest BCUT2D eigenvalue weighted by Crippen LogP contribution is 2.42. The van der Waals surface area contributed by atoms with Gasteiger partial charge in [0.05, 0.1) is 18.5 Å². The number of hydrogen-bond donors (Lipinski definition) is 3. The molecule has 1 saturated carbocycles. The molecule has 4 N–H and O–H groups in total. The lowest BCUT2D eigenvalue weighted by atomic mass is 9.96. The molecule has 1 heterocycles. The highest BCUT2D eigenvalue weighted by Gasteiger charge is 2.56. The largest absolute Gasteiger partial charge is 0.497 e. The van der Waals surface area contributed by atoms with E-state index in [1.807, 2.05) is 0 Å². The number of nitrogens with two attached hydrogens (primary N) is 1. The Morgan fingerprint density at radius 2 is 2.12 bits per heavy atom. The number of hydrogen-bond acceptors (Lipinski definition) is 5. The molecule has 0 aromatic heterocycles. The highest BCUT2D eigenvalue weighted by molar-refractivity contribution is 6.10. The summed E-state index contributed by atoms with van der Waals surface area (Å²) >= 11 is 0. The number of urea groups is 1. The smallest absolute Gasteiger partial charge is 0.325 e. The van der Waals surface area contributed by atoms with Crippen LogP contribution in [0.4, 0.5) is 16.2 Å². The fourth-order valence-electron chi connectivity index (χ4n) is 2.90. The topological polar surface area (TPSA) is 114 Å². The second-order valence-electron chi connectivity index (χ2n) is 6.30. The summed E-state index contributed by atoms with van der Waals surface area (Å²) in [6.45, 7) is 1.35. The van der Waals surface area contributed by atoms with E-state index in [1.54, 1.807) is 25.1 Å². The minimum Gasteiger partial charge on any atom is -0.497 e. The van der Waals surface area contributed by atoms with E-state index in [0.717, 1.165) is 17.7 Å². The molecule has 1 aliphatic carbocycles. The summed E-state index contributed by atoms with van der Waals surface area (Å²) in [4.78, 5) is 37.7. The maximum absolute atomic E-state index is 12.5. The molecule has 3 rings (SSSR count). The molecular weight excluding hydrogens is 348 g/mol.